The third-order valence-electron chi connectivity index (χ3n) is 2.46. The lowest BCUT2D eigenvalue weighted by Gasteiger charge is -2.08. The summed E-state index contributed by atoms with van der Waals surface area (Å²) in [5, 5.41) is 4.73. The summed E-state index contributed by atoms with van der Waals surface area (Å²) in [6, 6.07) is 0.312. The van der Waals surface area contributed by atoms with Gasteiger partial charge in [0.05, 0.1) is 6.54 Å². The van der Waals surface area contributed by atoms with Gasteiger partial charge < -0.3 is 10.6 Å². The van der Waals surface area contributed by atoms with Crippen LogP contribution >= 0.6 is 0 Å². The third-order valence-corrected chi connectivity index (χ3v) is 2.46. The molecule has 3 nitrogen and oxygen atoms in total. The summed E-state index contributed by atoms with van der Waals surface area (Å²) in [5.41, 5.74) is 0. The average molecular weight is 224 g/mol. The Morgan fingerprint density at radius 2 is 2.13 bits per heavy atom. The van der Waals surface area contributed by atoms with Gasteiger partial charge in [0.1, 0.15) is 6.54 Å². The van der Waals surface area contributed by atoms with Gasteiger partial charge in [-0.3, -0.25) is 4.79 Å². The van der Waals surface area contributed by atoms with Crippen molar-refractivity contribution in [3.8, 4) is 0 Å². The summed E-state index contributed by atoms with van der Waals surface area (Å²) >= 11 is 0. The first kappa shape index (κ1) is 12.3. The van der Waals surface area contributed by atoms with Crippen LogP contribution in [0.15, 0.2) is 0 Å². The van der Waals surface area contributed by atoms with Gasteiger partial charge in [-0.15, -0.1) is 0 Å². The predicted molar refractivity (Wildman–Crippen MR) is 49.3 cm³/mol. The molecule has 1 amide bonds. The zero-order chi connectivity index (χ0) is 11.5. The molecule has 0 spiro atoms. The molecule has 1 rings (SSSR count). The molecular weight excluding hydrogens is 209 g/mol. The molecule has 0 aromatic rings. The number of alkyl halides is 3. The van der Waals surface area contributed by atoms with Crippen molar-refractivity contribution in [1.29, 1.82) is 0 Å². The Bertz CT molecular complexity index is 230. The van der Waals surface area contributed by atoms with Crippen LogP contribution in [0.5, 0.6) is 0 Å². The number of nitrogens with one attached hydrogen (secondary N) is 2. The third kappa shape index (κ3) is 5.01. The first-order chi connectivity index (χ1) is 6.92. The van der Waals surface area contributed by atoms with Crippen molar-refractivity contribution in [1.82, 2.24) is 10.6 Å². The van der Waals surface area contributed by atoms with E-state index < -0.39 is 18.6 Å². The highest BCUT2D eigenvalue weighted by atomic mass is 19.4. The standard InChI is InChI=1S/C9H15F3N2O/c1-2-6-3-7(6)13-4-8(15)14-5-9(10,11)12/h6-7,13H,2-5H2,1H3,(H,14,15). The molecule has 6 heteroatoms. The van der Waals surface area contributed by atoms with Crippen LogP contribution in [0.2, 0.25) is 0 Å². The molecule has 1 aliphatic carbocycles. The second kappa shape index (κ2) is 4.83. The second-order valence-electron chi connectivity index (χ2n) is 3.78. The van der Waals surface area contributed by atoms with Crippen LogP contribution in [-0.2, 0) is 4.79 Å². The lowest BCUT2D eigenvalue weighted by atomic mass is 10.3. The number of halogens is 3. The fourth-order valence-corrected chi connectivity index (χ4v) is 1.43. The van der Waals surface area contributed by atoms with E-state index in [1.165, 1.54) is 0 Å². The van der Waals surface area contributed by atoms with E-state index in [-0.39, 0.29) is 6.54 Å². The van der Waals surface area contributed by atoms with Gasteiger partial charge in [0.15, 0.2) is 0 Å². The highest BCUT2D eigenvalue weighted by Gasteiger charge is 2.35. The molecule has 0 radical (unpaired) electrons. The molecule has 0 heterocycles. The zero-order valence-corrected chi connectivity index (χ0v) is 8.53. The Hall–Kier alpha value is -0.780. The summed E-state index contributed by atoms with van der Waals surface area (Å²) in [6.07, 6.45) is -2.27. The van der Waals surface area contributed by atoms with Crippen LogP contribution in [0.1, 0.15) is 19.8 Å². The predicted octanol–water partition coefficient (Wildman–Crippen LogP) is 1.05. The van der Waals surface area contributed by atoms with Crippen molar-refractivity contribution in [2.75, 3.05) is 13.1 Å². The molecule has 1 aliphatic rings. The van der Waals surface area contributed by atoms with E-state index in [9.17, 15) is 18.0 Å². The van der Waals surface area contributed by atoms with E-state index in [1.54, 1.807) is 0 Å². The van der Waals surface area contributed by atoms with E-state index in [1.807, 2.05) is 5.32 Å². The number of carbonyl (C=O) groups is 1. The Balaban J connectivity index is 2.05. The number of rotatable bonds is 5. The largest absolute Gasteiger partial charge is 0.405 e. The molecular formula is C9H15F3N2O. The quantitative estimate of drug-likeness (QED) is 0.733. The minimum absolute atomic E-state index is 0.0305. The summed E-state index contributed by atoms with van der Waals surface area (Å²) in [7, 11) is 0. The molecule has 0 saturated heterocycles. The van der Waals surface area contributed by atoms with Crippen molar-refractivity contribution in [3.63, 3.8) is 0 Å². The van der Waals surface area contributed by atoms with E-state index in [0.717, 1.165) is 12.8 Å². The van der Waals surface area contributed by atoms with Gasteiger partial charge in [0.2, 0.25) is 5.91 Å². The topological polar surface area (TPSA) is 41.1 Å². The van der Waals surface area contributed by atoms with E-state index in [4.69, 9.17) is 0 Å². The van der Waals surface area contributed by atoms with Gasteiger partial charge in [0.25, 0.3) is 0 Å². The van der Waals surface area contributed by atoms with Crippen molar-refractivity contribution in [2.45, 2.75) is 32.0 Å². The van der Waals surface area contributed by atoms with Crippen molar-refractivity contribution in [2.24, 2.45) is 5.92 Å². The van der Waals surface area contributed by atoms with Crippen LogP contribution in [0.4, 0.5) is 13.2 Å². The normalized spacial score (nSPS) is 25.1. The first-order valence-electron chi connectivity index (χ1n) is 4.99. The SMILES string of the molecule is CCC1CC1NCC(=O)NCC(F)(F)F. The Kier molecular flexibility index (Phi) is 3.96. The van der Waals surface area contributed by atoms with E-state index in [0.29, 0.717) is 12.0 Å². The van der Waals surface area contributed by atoms with Gasteiger partial charge in [0, 0.05) is 6.04 Å². The Morgan fingerprint density at radius 1 is 1.47 bits per heavy atom. The number of amides is 1. The lowest BCUT2D eigenvalue weighted by molar-refractivity contribution is -0.137. The fraction of sp³-hybridized carbons (Fsp3) is 0.889. The lowest BCUT2D eigenvalue weighted by Crippen LogP contribution is -2.40. The van der Waals surface area contributed by atoms with Gasteiger partial charge >= 0.3 is 6.18 Å². The maximum atomic E-state index is 11.7. The highest BCUT2D eigenvalue weighted by Crippen LogP contribution is 2.32. The zero-order valence-electron chi connectivity index (χ0n) is 8.53. The average Bonchev–Trinajstić information content (AvgIpc) is 2.89. The van der Waals surface area contributed by atoms with Crippen LogP contribution < -0.4 is 10.6 Å². The van der Waals surface area contributed by atoms with Crippen LogP contribution in [0.25, 0.3) is 0 Å². The summed E-state index contributed by atoms with van der Waals surface area (Å²) in [6.45, 7) is 0.767. The molecule has 2 unspecified atom stereocenters. The minimum atomic E-state index is -4.33. The van der Waals surface area contributed by atoms with Crippen molar-refractivity contribution < 1.29 is 18.0 Å². The molecule has 2 atom stereocenters. The molecule has 2 N–H and O–H groups in total. The van der Waals surface area contributed by atoms with Crippen molar-refractivity contribution in [3.05, 3.63) is 0 Å². The molecule has 15 heavy (non-hydrogen) atoms. The van der Waals surface area contributed by atoms with Crippen molar-refractivity contribution >= 4 is 5.91 Å². The molecule has 0 bridgehead atoms. The smallest absolute Gasteiger partial charge is 0.346 e. The molecule has 0 aromatic heterocycles. The maximum Gasteiger partial charge on any atom is 0.405 e. The number of carbonyl (C=O) groups excluding carboxylic acids is 1. The monoisotopic (exact) mass is 224 g/mol. The number of hydrogen-bond donors (Lipinski definition) is 2. The molecule has 88 valence electrons. The van der Waals surface area contributed by atoms with Crippen LogP contribution in [0, 0.1) is 5.92 Å². The minimum Gasteiger partial charge on any atom is -0.346 e. The molecule has 1 saturated carbocycles. The van der Waals surface area contributed by atoms with Gasteiger partial charge in [-0.05, 0) is 12.3 Å². The van der Waals surface area contributed by atoms with Gasteiger partial charge in [-0.2, -0.15) is 13.2 Å². The molecule has 0 aliphatic heterocycles. The Morgan fingerprint density at radius 3 is 2.60 bits per heavy atom. The first-order valence-corrected chi connectivity index (χ1v) is 4.99. The fourth-order valence-electron chi connectivity index (χ4n) is 1.43. The summed E-state index contributed by atoms with van der Waals surface area (Å²) in [5.74, 6) is -0.0190. The molecule has 0 aromatic carbocycles. The Labute approximate surface area is 86.4 Å². The van der Waals surface area contributed by atoms with Gasteiger partial charge in [-0.1, -0.05) is 13.3 Å². The number of hydrogen-bond acceptors (Lipinski definition) is 2. The highest BCUT2D eigenvalue weighted by molar-refractivity contribution is 5.78. The van der Waals surface area contributed by atoms with E-state index >= 15 is 0 Å². The summed E-state index contributed by atoms with van der Waals surface area (Å²) < 4.78 is 35.1. The van der Waals surface area contributed by atoms with Crippen LogP contribution in [0.3, 0.4) is 0 Å². The molecule has 1 fully saturated rings. The second-order valence-corrected chi connectivity index (χ2v) is 3.78. The van der Waals surface area contributed by atoms with E-state index in [2.05, 4.69) is 12.2 Å². The maximum absolute atomic E-state index is 11.7. The van der Waals surface area contributed by atoms with Crippen LogP contribution in [-0.4, -0.2) is 31.2 Å². The summed E-state index contributed by atoms with van der Waals surface area (Å²) in [4.78, 5) is 10.9. The van der Waals surface area contributed by atoms with Gasteiger partial charge in [-0.25, -0.2) is 0 Å².